The number of carbonyl (C=O) groups is 1. The molecule has 0 bridgehead atoms. The normalized spacial score (nSPS) is 11.1. The molecule has 4 nitrogen and oxygen atoms in total. The van der Waals surface area contributed by atoms with E-state index in [1.165, 1.54) is 12.1 Å². The Labute approximate surface area is 146 Å². The molecule has 2 N–H and O–H groups in total. The number of fused-ring (bicyclic) bond motifs is 1. The zero-order valence-electron chi connectivity index (χ0n) is 14.0. The summed E-state index contributed by atoms with van der Waals surface area (Å²) >= 11 is 0. The summed E-state index contributed by atoms with van der Waals surface area (Å²) in [5, 5.41) is 11.1. The number of ketones is 1. The lowest BCUT2D eigenvalue weighted by atomic mass is 10.1. The molecule has 0 unspecified atom stereocenters. The monoisotopic (exact) mass is 333 g/mol. The van der Waals surface area contributed by atoms with Gasteiger partial charge in [0.1, 0.15) is 18.1 Å². The van der Waals surface area contributed by atoms with Crippen molar-refractivity contribution in [1.29, 1.82) is 0 Å². The highest BCUT2D eigenvalue weighted by atomic mass is 16.5. The Morgan fingerprint density at radius 1 is 1.28 bits per heavy atom. The fraction of sp³-hybridized carbons (Fsp3) is 0.0952. The van der Waals surface area contributed by atoms with E-state index in [1.807, 2.05) is 37.4 Å². The van der Waals surface area contributed by atoms with Crippen LogP contribution in [0.4, 0.5) is 0 Å². The van der Waals surface area contributed by atoms with Crippen LogP contribution in [0, 0.1) is 0 Å². The molecule has 0 radical (unpaired) electrons. The van der Waals surface area contributed by atoms with Gasteiger partial charge in [-0.3, -0.25) is 4.79 Å². The highest BCUT2D eigenvalue weighted by Crippen LogP contribution is 2.25. The molecule has 25 heavy (non-hydrogen) atoms. The molecule has 126 valence electrons. The average Bonchev–Trinajstić information content (AvgIpc) is 3.01. The molecular formula is C21H19NO3. The van der Waals surface area contributed by atoms with Crippen molar-refractivity contribution in [1.82, 2.24) is 4.98 Å². The Bertz CT molecular complexity index is 966. The standard InChI is InChI=1S/C21H19NO3/c1-14(2)13-25-16-8-9-18(21(24)11-16)20(23)10-7-15-12-22-19-6-4-3-5-17(15)19/h3-12,22,24H,1,13H2,2H3/b10-7+. The number of rotatable bonds is 6. The molecule has 0 aliphatic carbocycles. The van der Waals surface area contributed by atoms with Gasteiger partial charge in [0.2, 0.25) is 0 Å². The molecule has 0 aliphatic rings. The third kappa shape index (κ3) is 3.80. The number of para-hydroxylation sites is 1. The number of benzene rings is 2. The number of aromatic amines is 1. The van der Waals surface area contributed by atoms with Crippen LogP contribution in [0.25, 0.3) is 17.0 Å². The van der Waals surface area contributed by atoms with Crippen molar-refractivity contribution in [2.75, 3.05) is 6.61 Å². The number of allylic oxidation sites excluding steroid dienone is 1. The Hall–Kier alpha value is -3.27. The van der Waals surface area contributed by atoms with Gasteiger partial charge in [0, 0.05) is 23.2 Å². The van der Waals surface area contributed by atoms with Crippen LogP contribution in [0.1, 0.15) is 22.8 Å². The highest BCUT2D eigenvalue weighted by molar-refractivity contribution is 6.09. The summed E-state index contributed by atoms with van der Waals surface area (Å²) in [6, 6.07) is 12.5. The first-order chi connectivity index (χ1) is 12.0. The Morgan fingerprint density at radius 2 is 2.08 bits per heavy atom. The number of hydrogen-bond acceptors (Lipinski definition) is 3. The molecule has 3 rings (SSSR count). The van der Waals surface area contributed by atoms with Gasteiger partial charge in [0.15, 0.2) is 5.78 Å². The fourth-order valence-electron chi connectivity index (χ4n) is 2.50. The van der Waals surface area contributed by atoms with Gasteiger partial charge in [0.25, 0.3) is 0 Å². The lowest BCUT2D eigenvalue weighted by Crippen LogP contribution is -1.99. The third-order valence-corrected chi connectivity index (χ3v) is 3.76. The van der Waals surface area contributed by atoms with Crippen LogP contribution in [0.5, 0.6) is 11.5 Å². The summed E-state index contributed by atoms with van der Waals surface area (Å²) in [6.45, 7) is 5.98. The summed E-state index contributed by atoms with van der Waals surface area (Å²) in [6.07, 6.45) is 5.05. The van der Waals surface area contributed by atoms with Crippen LogP contribution < -0.4 is 4.74 Å². The summed E-state index contributed by atoms with van der Waals surface area (Å²) in [5.74, 6) is 0.125. The molecule has 0 amide bonds. The fourth-order valence-corrected chi connectivity index (χ4v) is 2.50. The molecule has 0 saturated carbocycles. The predicted molar refractivity (Wildman–Crippen MR) is 100 cm³/mol. The second kappa shape index (κ2) is 7.09. The Kier molecular flexibility index (Phi) is 4.70. The number of carbonyl (C=O) groups excluding carboxylic acids is 1. The quantitative estimate of drug-likeness (QED) is 0.390. The van der Waals surface area contributed by atoms with E-state index in [0.29, 0.717) is 12.4 Å². The predicted octanol–water partition coefficient (Wildman–Crippen LogP) is 4.72. The first-order valence-electron chi connectivity index (χ1n) is 7.93. The van der Waals surface area contributed by atoms with Crippen molar-refractivity contribution >= 4 is 22.8 Å². The van der Waals surface area contributed by atoms with Gasteiger partial charge in [-0.25, -0.2) is 0 Å². The molecule has 0 spiro atoms. The Balaban J connectivity index is 1.77. The molecule has 1 heterocycles. The molecule has 0 atom stereocenters. The topological polar surface area (TPSA) is 62.3 Å². The minimum atomic E-state index is -0.269. The molecule has 0 fully saturated rings. The maximum atomic E-state index is 12.4. The minimum absolute atomic E-state index is 0.104. The van der Waals surface area contributed by atoms with Crippen molar-refractivity contribution in [3.8, 4) is 11.5 Å². The van der Waals surface area contributed by atoms with Crippen molar-refractivity contribution < 1.29 is 14.6 Å². The number of phenols is 1. The van der Waals surface area contributed by atoms with E-state index in [4.69, 9.17) is 4.74 Å². The van der Waals surface area contributed by atoms with E-state index in [1.54, 1.807) is 18.2 Å². The number of phenolic OH excluding ortho intramolecular Hbond substituents is 1. The molecule has 3 aromatic rings. The average molecular weight is 333 g/mol. The van der Waals surface area contributed by atoms with Crippen molar-refractivity contribution in [2.45, 2.75) is 6.92 Å². The van der Waals surface area contributed by atoms with E-state index < -0.39 is 0 Å². The molecule has 1 aromatic heterocycles. The van der Waals surface area contributed by atoms with E-state index in [9.17, 15) is 9.90 Å². The van der Waals surface area contributed by atoms with Gasteiger partial charge in [-0.05, 0) is 48.4 Å². The van der Waals surface area contributed by atoms with Crippen LogP contribution in [-0.4, -0.2) is 22.5 Å². The smallest absolute Gasteiger partial charge is 0.189 e. The van der Waals surface area contributed by atoms with Gasteiger partial charge < -0.3 is 14.8 Å². The molecular weight excluding hydrogens is 314 g/mol. The lowest BCUT2D eigenvalue weighted by molar-refractivity contribution is 0.104. The third-order valence-electron chi connectivity index (χ3n) is 3.76. The summed E-state index contributed by atoms with van der Waals surface area (Å²) in [7, 11) is 0. The van der Waals surface area contributed by atoms with Gasteiger partial charge >= 0.3 is 0 Å². The Morgan fingerprint density at radius 3 is 2.84 bits per heavy atom. The van der Waals surface area contributed by atoms with Gasteiger partial charge in [0.05, 0.1) is 5.56 Å². The minimum Gasteiger partial charge on any atom is -0.507 e. The number of aromatic nitrogens is 1. The van der Waals surface area contributed by atoms with Gasteiger partial charge in [-0.15, -0.1) is 0 Å². The van der Waals surface area contributed by atoms with Crippen LogP contribution in [-0.2, 0) is 0 Å². The second-order valence-electron chi connectivity index (χ2n) is 5.91. The number of ether oxygens (including phenoxy) is 1. The molecule has 4 heteroatoms. The zero-order valence-corrected chi connectivity index (χ0v) is 14.0. The van der Waals surface area contributed by atoms with E-state index in [-0.39, 0.29) is 17.1 Å². The van der Waals surface area contributed by atoms with Crippen molar-refractivity contribution in [2.24, 2.45) is 0 Å². The van der Waals surface area contributed by atoms with Crippen LogP contribution in [0.15, 0.2) is 66.9 Å². The highest BCUT2D eigenvalue weighted by Gasteiger charge is 2.10. The van der Waals surface area contributed by atoms with Gasteiger partial charge in [-0.2, -0.15) is 0 Å². The summed E-state index contributed by atoms with van der Waals surface area (Å²) in [4.78, 5) is 15.5. The van der Waals surface area contributed by atoms with E-state index in [2.05, 4.69) is 11.6 Å². The first-order valence-corrected chi connectivity index (χ1v) is 7.93. The summed E-state index contributed by atoms with van der Waals surface area (Å²) in [5.41, 5.74) is 3.04. The molecule has 0 saturated heterocycles. The first kappa shape index (κ1) is 16.6. The van der Waals surface area contributed by atoms with Crippen LogP contribution in [0.3, 0.4) is 0 Å². The van der Waals surface area contributed by atoms with Crippen molar-refractivity contribution in [3.63, 3.8) is 0 Å². The lowest BCUT2D eigenvalue weighted by Gasteiger charge is -2.07. The maximum absolute atomic E-state index is 12.4. The van der Waals surface area contributed by atoms with E-state index >= 15 is 0 Å². The molecule has 2 aromatic carbocycles. The van der Waals surface area contributed by atoms with Crippen LogP contribution in [0.2, 0.25) is 0 Å². The molecule has 0 aliphatic heterocycles. The zero-order chi connectivity index (χ0) is 17.8. The van der Waals surface area contributed by atoms with E-state index in [0.717, 1.165) is 22.0 Å². The van der Waals surface area contributed by atoms with Crippen molar-refractivity contribution in [3.05, 3.63) is 78.0 Å². The number of H-pyrrole nitrogens is 1. The summed E-state index contributed by atoms with van der Waals surface area (Å²) < 4.78 is 5.46. The number of aromatic hydroxyl groups is 1. The largest absolute Gasteiger partial charge is 0.507 e. The van der Waals surface area contributed by atoms with Gasteiger partial charge in [-0.1, -0.05) is 24.8 Å². The number of hydrogen-bond donors (Lipinski definition) is 2. The second-order valence-corrected chi connectivity index (χ2v) is 5.91. The SMILES string of the molecule is C=C(C)COc1ccc(C(=O)/C=C/c2c[nH]c3ccccc23)c(O)c1. The maximum Gasteiger partial charge on any atom is 0.189 e. The number of nitrogens with one attached hydrogen (secondary N) is 1. The van der Waals surface area contributed by atoms with Crippen LogP contribution >= 0.6 is 0 Å².